The Hall–Kier alpha value is -2.13. The van der Waals surface area contributed by atoms with E-state index in [2.05, 4.69) is 55.5 Å². The highest BCUT2D eigenvalue weighted by Crippen LogP contribution is 2.13. The molecule has 210 valence electrons. The number of carbonyl (C=O) groups is 1. The summed E-state index contributed by atoms with van der Waals surface area (Å²) in [6, 6.07) is 0. The van der Waals surface area contributed by atoms with Gasteiger partial charge in [0.25, 0.3) is 0 Å². The number of aliphatic hydroxyl groups excluding tert-OH is 1. The summed E-state index contributed by atoms with van der Waals surface area (Å²) in [6.07, 6.45) is 46.2. The first kappa shape index (κ1) is 34.9. The molecule has 2 N–H and O–H groups in total. The Balaban J connectivity index is 3.41. The van der Waals surface area contributed by atoms with Crippen molar-refractivity contribution in [1.82, 2.24) is 0 Å². The predicted octanol–water partition coefficient (Wildman–Crippen LogP) is 10.2. The number of hydrogen-bond donors (Lipinski definition) is 2. The van der Waals surface area contributed by atoms with Crippen LogP contribution in [0.1, 0.15) is 129 Å². The van der Waals surface area contributed by atoms with Crippen LogP contribution in [-0.4, -0.2) is 22.3 Å². The molecule has 0 spiro atoms. The molecular weight excluding hydrogens is 456 g/mol. The molecule has 0 rings (SSSR count). The summed E-state index contributed by atoms with van der Waals surface area (Å²) < 4.78 is 0. The molecule has 0 aromatic rings. The first-order chi connectivity index (χ1) is 18.2. The lowest BCUT2D eigenvalue weighted by Crippen LogP contribution is -1.98. The number of carboxylic acids is 1. The second-order valence-electron chi connectivity index (χ2n) is 9.79. The highest BCUT2D eigenvalue weighted by atomic mass is 16.4. The SMILES string of the molecule is CCC=CCC(O)C=CC=CCC=CCC=CC/C=C\CCCCCCCCCCCCCCC(=O)O. The van der Waals surface area contributed by atoms with E-state index in [-0.39, 0.29) is 0 Å². The fraction of sp³-hybridized carbons (Fsp3) is 0.618. The second kappa shape index (κ2) is 30.1. The maximum atomic E-state index is 10.5. The summed E-state index contributed by atoms with van der Waals surface area (Å²) >= 11 is 0. The van der Waals surface area contributed by atoms with E-state index in [1.807, 2.05) is 24.3 Å². The predicted molar refractivity (Wildman–Crippen MR) is 162 cm³/mol. The molecule has 0 aromatic carbocycles. The van der Waals surface area contributed by atoms with Gasteiger partial charge < -0.3 is 10.2 Å². The van der Waals surface area contributed by atoms with Gasteiger partial charge in [0, 0.05) is 6.42 Å². The van der Waals surface area contributed by atoms with Gasteiger partial charge in [-0.05, 0) is 51.4 Å². The molecule has 0 bridgehead atoms. The summed E-state index contributed by atoms with van der Waals surface area (Å²) in [4.78, 5) is 10.5. The molecule has 0 saturated carbocycles. The third-order valence-corrected chi connectivity index (χ3v) is 6.19. The molecule has 0 heterocycles. The molecular formula is C34H56O3. The third kappa shape index (κ3) is 31.8. The van der Waals surface area contributed by atoms with Crippen molar-refractivity contribution in [2.45, 2.75) is 135 Å². The number of aliphatic carboxylic acids is 1. The molecule has 0 saturated heterocycles. The highest BCUT2D eigenvalue weighted by Gasteiger charge is 1.97. The number of unbranched alkanes of at least 4 members (excludes halogenated alkanes) is 12. The van der Waals surface area contributed by atoms with E-state index in [9.17, 15) is 9.90 Å². The average Bonchev–Trinajstić information content (AvgIpc) is 2.88. The Morgan fingerprint density at radius 3 is 1.62 bits per heavy atom. The quantitative estimate of drug-likeness (QED) is 0.0688. The highest BCUT2D eigenvalue weighted by molar-refractivity contribution is 5.66. The zero-order valence-electron chi connectivity index (χ0n) is 23.7. The van der Waals surface area contributed by atoms with Crippen LogP contribution >= 0.6 is 0 Å². The molecule has 0 aliphatic heterocycles. The lowest BCUT2D eigenvalue weighted by atomic mass is 10.0. The van der Waals surface area contributed by atoms with Crippen molar-refractivity contribution in [2.24, 2.45) is 0 Å². The number of allylic oxidation sites excluding steroid dienone is 10. The number of hydrogen-bond acceptors (Lipinski definition) is 2. The molecule has 0 amide bonds. The fourth-order valence-corrected chi connectivity index (χ4v) is 3.97. The summed E-state index contributed by atoms with van der Waals surface area (Å²) in [6.45, 7) is 2.09. The smallest absolute Gasteiger partial charge is 0.303 e. The number of rotatable bonds is 26. The van der Waals surface area contributed by atoms with Crippen molar-refractivity contribution >= 4 is 5.97 Å². The fourth-order valence-electron chi connectivity index (χ4n) is 3.97. The van der Waals surface area contributed by atoms with E-state index < -0.39 is 12.1 Å². The van der Waals surface area contributed by atoms with E-state index in [0.717, 1.165) is 38.5 Å². The molecule has 1 unspecified atom stereocenters. The van der Waals surface area contributed by atoms with Crippen LogP contribution in [0, 0.1) is 0 Å². The Labute approximate surface area is 228 Å². The molecule has 0 aromatic heterocycles. The van der Waals surface area contributed by atoms with Crippen LogP contribution in [-0.2, 0) is 4.79 Å². The first-order valence-corrected chi connectivity index (χ1v) is 15.0. The Kier molecular flexibility index (Phi) is 28.4. The molecule has 1 atom stereocenters. The molecule has 0 radical (unpaired) electrons. The van der Waals surface area contributed by atoms with E-state index in [0.29, 0.717) is 12.8 Å². The molecule has 3 heteroatoms. The lowest BCUT2D eigenvalue weighted by molar-refractivity contribution is -0.137. The Morgan fingerprint density at radius 1 is 0.595 bits per heavy atom. The molecule has 0 aliphatic rings. The summed E-state index contributed by atoms with van der Waals surface area (Å²) in [5, 5.41) is 18.4. The molecule has 3 nitrogen and oxygen atoms in total. The normalized spacial score (nSPS) is 13.6. The van der Waals surface area contributed by atoms with Gasteiger partial charge >= 0.3 is 5.97 Å². The van der Waals surface area contributed by atoms with Crippen molar-refractivity contribution in [3.63, 3.8) is 0 Å². The van der Waals surface area contributed by atoms with Gasteiger partial charge in [0.1, 0.15) is 0 Å². The van der Waals surface area contributed by atoms with Gasteiger partial charge in [-0.2, -0.15) is 0 Å². The van der Waals surface area contributed by atoms with Crippen LogP contribution in [0.25, 0.3) is 0 Å². The van der Waals surface area contributed by atoms with Crippen molar-refractivity contribution < 1.29 is 15.0 Å². The average molecular weight is 513 g/mol. The largest absolute Gasteiger partial charge is 0.481 e. The summed E-state index contributed by atoms with van der Waals surface area (Å²) in [5.74, 6) is -0.665. The summed E-state index contributed by atoms with van der Waals surface area (Å²) in [5.41, 5.74) is 0. The minimum atomic E-state index is -0.665. The van der Waals surface area contributed by atoms with Gasteiger partial charge in [-0.1, -0.05) is 144 Å². The molecule has 0 aliphatic carbocycles. The topological polar surface area (TPSA) is 57.5 Å². The van der Waals surface area contributed by atoms with Crippen LogP contribution in [0.3, 0.4) is 0 Å². The van der Waals surface area contributed by atoms with Crippen LogP contribution in [0.2, 0.25) is 0 Å². The van der Waals surface area contributed by atoms with Gasteiger partial charge in [-0.25, -0.2) is 0 Å². The van der Waals surface area contributed by atoms with Gasteiger partial charge in [-0.15, -0.1) is 0 Å². The lowest BCUT2D eigenvalue weighted by Gasteiger charge is -2.02. The Bertz CT molecular complexity index is 667. The number of aliphatic hydroxyl groups is 1. The third-order valence-electron chi connectivity index (χ3n) is 6.19. The second-order valence-corrected chi connectivity index (χ2v) is 9.79. The van der Waals surface area contributed by atoms with Gasteiger partial charge in [0.05, 0.1) is 6.10 Å². The minimum absolute atomic E-state index is 0.328. The van der Waals surface area contributed by atoms with Crippen LogP contribution in [0.5, 0.6) is 0 Å². The van der Waals surface area contributed by atoms with E-state index in [4.69, 9.17) is 5.11 Å². The standard InChI is InChI=1S/C34H56O3/c1-2-3-27-30-33(35)31-28-25-23-21-19-17-15-13-11-9-7-5-4-6-8-10-12-14-16-18-20-22-24-26-29-32-34(36)37/h3,5,7,11,13,17,19,23,25,27-28,31,33,35H,2,4,6,8-10,12,14-16,18,20-22,24,26,29-30,32H2,1H3,(H,36,37)/b7-5-,13-11?,19-17?,25-23?,27-3?,31-28?. The van der Waals surface area contributed by atoms with E-state index >= 15 is 0 Å². The minimum Gasteiger partial charge on any atom is -0.481 e. The van der Waals surface area contributed by atoms with Crippen molar-refractivity contribution in [3.8, 4) is 0 Å². The van der Waals surface area contributed by atoms with Gasteiger partial charge in [0.15, 0.2) is 0 Å². The van der Waals surface area contributed by atoms with Crippen molar-refractivity contribution in [1.29, 1.82) is 0 Å². The van der Waals surface area contributed by atoms with Crippen LogP contribution < -0.4 is 0 Å². The maximum absolute atomic E-state index is 10.5. The summed E-state index contributed by atoms with van der Waals surface area (Å²) in [7, 11) is 0. The molecule has 37 heavy (non-hydrogen) atoms. The monoisotopic (exact) mass is 512 g/mol. The zero-order valence-corrected chi connectivity index (χ0v) is 23.7. The Morgan fingerprint density at radius 2 is 1.08 bits per heavy atom. The molecule has 0 fully saturated rings. The van der Waals surface area contributed by atoms with Crippen molar-refractivity contribution in [2.75, 3.05) is 0 Å². The van der Waals surface area contributed by atoms with E-state index in [1.54, 1.807) is 0 Å². The van der Waals surface area contributed by atoms with Crippen LogP contribution in [0.15, 0.2) is 72.9 Å². The van der Waals surface area contributed by atoms with Crippen LogP contribution in [0.4, 0.5) is 0 Å². The zero-order chi connectivity index (χ0) is 27.1. The number of carboxylic acid groups (broad SMARTS) is 1. The maximum Gasteiger partial charge on any atom is 0.303 e. The first-order valence-electron chi connectivity index (χ1n) is 15.0. The van der Waals surface area contributed by atoms with Gasteiger partial charge in [-0.3, -0.25) is 4.79 Å². The van der Waals surface area contributed by atoms with E-state index in [1.165, 1.54) is 70.6 Å². The van der Waals surface area contributed by atoms with Gasteiger partial charge in [0.2, 0.25) is 0 Å². The van der Waals surface area contributed by atoms with Crippen molar-refractivity contribution in [3.05, 3.63) is 72.9 Å².